The van der Waals surface area contributed by atoms with Crippen molar-refractivity contribution in [2.75, 3.05) is 13.1 Å². The summed E-state index contributed by atoms with van der Waals surface area (Å²) in [4.78, 5) is 12.8. The van der Waals surface area contributed by atoms with E-state index in [9.17, 15) is 4.79 Å². The van der Waals surface area contributed by atoms with Crippen LogP contribution < -0.4 is 11.5 Å². The van der Waals surface area contributed by atoms with Gasteiger partial charge in [0.15, 0.2) is 0 Å². The highest BCUT2D eigenvalue weighted by Gasteiger charge is 2.09. The van der Waals surface area contributed by atoms with Gasteiger partial charge in [-0.25, -0.2) is 4.79 Å². The summed E-state index contributed by atoms with van der Waals surface area (Å²) in [6.45, 7) is 3.76. The van der Waals surface area contributed by atoms with Crippen molar-refractivity contribution in [3.05, 3.63) is 35.4 Å². The van der Waals surface area contributed by atoms with Crippen molar-refractivity contribution in [1.29, 1.82) is 0 Å². The molecule has 0 spiro atoms. The zero-order valence-electron chi connectivity index (χ0n) is 9.65. The summed E-state index contributed by atoms with van der Waals surface area (Å²) in [7, 11) is 0. The highest BCUT2D eigenvalue weighted by Crippen LogP contribution is 2.07. The van der Waals surface area contributed by atoms with Crippen molar-refractivity contribution in [3.63, 3.8) is 0 Å². The lowest BCUT2D eigenvalue weighted by molar-refractivity contribution is 0.204. The molecule has 88 valence electrons. The third-order valence-electron chi connectivity index (χ3n) is 2.44. The van der Waals surface area contributed by atoms with Crippen molar-refractivity contribution < 1.29 is 4.79 Å². The molecule has 0 aliphatic rings. The quantitative estimate of drug-likeness (QED) is 0.784. The van der Waals surface area contributed by atoms with Gasteiger partial charge in [-0.1, -0.05) is 29.8 Å². The summed E-state index contributed by atoms with van der Waals surface area (Å²) in [5.41, 5.74) is 13.0. The number of primary amides is 1. The van der Waals surface area contributed by atoms with Crippen LogP contribution >= 0.6 is 0 Å². The summed E-state index contributed by atoms with van der Waals surface area (Å²) in [6.07, 6.45) is 0.773. The van der Waals surface area contributed by atoms with Crippen LogP contribution in [0, 0.1) is 6.92 Å². The predicted octanol–water partition coefficient (Wildman–Crippen LogP) is 1.22. The molecule has 4 heteroatoms. The minimum atomic E-state index is -0.394. The molecular formula is C12H19N3O. The molecule has 0 radical (unpaired) electrons. The Hall–Kier alpha value is -1.55. The van der Waals surface area contributed by atoms with Gasteiger partial charge in [-0.3, -0.25) is 0 Å². The van der Waals surface area contributed by atoms with Crippen LogP contribution in [0.5, 0.6) is 0 Å². The van der Waals surface area contributed by atoms with E-state index in [4.69, 9.17) is 11.5 Å². The van der Waals surface area contributed by atoms with Gasteiger partial charge in [-0.15, -0.1) is 0 Å². The Kier molecular flexibility index (Phi) is 4.79. The van der Waals surface area contributed by atoms with E-state index in [1.54, 1.807) is 4.90 Å². The van der Waals surface area contributed by atoms with Gasteiger partial charge in [-0.2, -0.15) is 0 Å². The molecule has 1 rings (SSSR count). The van der Waals surface area contributed by atoms with Gasteiger partial charge >= 0.3 is 6.03 Å². The van der Waals surface area contributed by atoms with Crippen LogP contribution in [-0.2, 0) is 6.54 Å². The first-order valence-corrected chi connectivity index (χ1v) is 5.43. The molecule has 0 aromatic heterocycles. The average molecular weight is 221 g/mol. The third kappa shape index (κ3) is 3.90. The normalized spacial score (nSPS) is 10.1. The molecule has 0 aliphatic heterocycles. The number of aryl methyl sites for hydroxylation is 1. The first-order chi connectivity index (χ1) is 7.63. The zero-order chi connectivity index (χ0) is 12.0. The molecule has 1 aromatic carbocycles. The molecule has 1 aromatic rings. The Morgan fingerprint density at radius 1 is 1.31 bits per heavy atom. The predicted molar refractivity (Wildman–Crippen MR) is 64.8 cm³/mol. The van der Waals surface area contributed by atoms with E-state index in [-0.39, 0.29) is 0 Å². The molecule has 0 saturated heterocycles. The van der Waals surface area contributed by atoms with E-state index in [0.717, 1.165) is 12.0 Å². The number of hydrogen-bond donors (Lipinski definition) is 2. The Balaban J connectivity index is 2.60. The van der Waals surface area contributed by atoms with Crippen molar-refractivity contribution in [1.82, 2.24) is 4.90 Å². The van der Waals surface area contributed by atoms with E-state index in [2.05, 4.69) is 0 Å². The van der Waals surface area contributed by atoms with Gasteiger partial charge in [0, 0.05) is 13.1 Å². The van der Waals surface area contributed by atoms with Crippen molar-refractivity contribution in [2.24, 2.45) is 11.5 Å². The monoisotopic (exact) mass is 221 g/mol. The fourth-order valence-electron chi connectivity index (χ4n) is 1.46. The molecule has 0 fully saturated rings. The fourth-order valence-corrected chi connectivity index (χ4v) is 1.46. The second-order valence-corrected chi connectivity index (χ2v) is 3.89. The van der Waals surface area contributed by atoms with E-state index >= 15 is 0 Å². The average Bonchev–Trinajstić information content (AvgIpc) is 2.26. The first-order valence-electron chi connectivity index (χ1n) is 5.43. The number of urea groups is 1. The van der Waals surface area contributed by atoms with Gasteiger partial charge in [0.1, 0.15) is 0 Å². The van der Waals surface area contributed by atoms with Gasteiger partial charge in [-0.05, 0) is 25.5 Å². The van der Waals surface area contributed by atoms with Crippen LogP contribution in [0.25, 0.3) is 0 Å². The van der Waals surface area contributed by atoms with Crippen molar-refractivity contribution >= 4 is 6.03 Å². The maximum absolute atomic E-state index is 11.2. The van der Waals surface area contributed by atoms with E-state index in [1.165, 1.54) is 5.56 Å². The second kappa shape index (κ2) is 6.12. The molecule has 0 saturated carbocycles. The van der Waals surface area contributed by atoms with Crippen molar-refractivity contribution in [2.45, 2.75) is 19.9 Å². The number of nitrogens with two attached hydrogens (primary N) is 2. The van der Waals surface area contributed by atoms with Crippen LogP contribution in [0.15, 0.2) is 24.3 Å². The molecule has 2 amide bonds. The Morgan fingerprint density at radius 3 is 2.44 bits per heavy atom. The maximum Gasteiger partial charge on any atom is 0.315 e. The number of hydrogen-bond acceptors (Lipinski definition) is 2. The maximum atomic E-state index is 11.2. The molecule has 0 bridgehead atoms. The van der Waals surface area contributed by atoms with E-state index < -0.39 is 6.03 Å². The van der Waals surface area contributed by atoms with Gasteiger partial charge in [0.2, 0.25) is 0 Å². The Labute approximate surface area is 96.2 Å². The molecular weight excluding hydrogens is 202 g/mol. The van der Waals surface area contributed by atoms with Crippen LogP contribution in [0.3, 0.4) is 0 Å². The second-order valence-electron chi connectivity index (χ2n) is 3.89. The van der Waals surface area contributed by atoms with E-state index in [1.807, 2.05) is 31.2 Å². The van der Waals surface area contributed by atoms with Gasteiger partial charge in [0.05, 0.1) is 0 Å². The summed E-state index contributed by atoms with van der Waals surface area (Å²) >= 11 is 0. The Bertz CT molecular complexity index is 335. The molecule has 0 unspecified atom stereocenters. The lowest BCUT2D eigenvalue weighted by Crippen LogP contribution is -2.36. The third-order valence-corrected chi connectivity index (χ3v) is 2.44. The molecule has 4 N–H and O–H groups in total. The molecule has 16 heavy (non-hydrogen) atoms. The summed E-state index contributed by atoms with van der Waals surface area (Å²) in [5, 5.41) is 0. The SMILES string of the molecule is Cc1ccc(CN(CCCN)C(N)=O)cc1. The molecule has 0 aliphatic carbocycles. The minimum absolute atomic E-state index is 0.394. The molecule has 0 heterocycles. The molecule has 0 atom stereocenters. The number of amides is 2. The number of carbonyl (C=O) groups is 1. The van der Waals surface area contributed by atoms with Crippen LogP contribution in [0.2, 0.25) is 0 Å². The van der Waals surface area contributed by atoms with Crippen LogP contribution in [-0.4, -0.2) is 24.0 Å². The van der Waals surface area contributed by atoms with Crippen LogP contribution in [0.4, 0.5) is 4.79 Å². The number of benzene rings is 1. The lowest BCUT2D eigenvalue weighted by atomic mass is 10.1. The smallest absolute Gasteiger partial charge is 0.315 e. The fraction of sp³-hybridized carbons (Fsp3) is 0.417. The molecule has 4 nitrogen and oxygen atoms in total. The lowest BCUT2D eigenvalue weighted by Gasteiger charge is -2.20. The zero-order valence-corrected chi connectivity index (χ0v) is 9.65. The standard InChI is InChI=1S/C12H19N3O/c1-10-3-5-11(6-4-10)9-15(12(14)16)8-2-7-13/h3-6H,2,7-9,13H2,1H3,(H2,14,16). The first kappa shape index (κ1) is 12.5. The van der Waals surface area contributed by atoms with Crippen LogP contribution in [0.1, 0.15) is 17.5 Å². The van der Waals surface area contributed by atoms with Crippen molar-refractivity contribution in [3.8, 4) is 0 Å². The number of rotatable bonds is 5. The summed E-state index contributed by atoms with van der Waals surface area (Å²) in [5.74, 6) is 0. The van der Waals surface area contributed by atoms with Gasteiger partial charge < -0.3 is 16.4 Å². The number of nitrogens with zero attached hydrogens (tertiary/aromatic N) is 1. The summed E-state index contributed by atoms with van der Waals surface area (Å²) < 4.78 is 0. The largest absolute Gasteiger partial charge is 0.351 e. The highest BCUT2D eigenvalue weighted by molar-refractivity contribution is 5.71. The van der Waals surface area contributed by atoms with Gasteiger partial charge in [0.25, 0.3) is 0 Å². The topological polar surface area (TPSA) is 72.3 Å². The Morgan fingerprint density at radius 2 is 1.94 bits per heavy atom. The van der Waals surface area contributed by atoms with E-state index in [0.29, 0.717) is 19.6 Å². The number of carbonyl (C=O) groups excluding carboxylic acids is 1. The highest BCUT2D eigenvalue weighted by atomic mass is 16.2. The minimum Gasteiger partial charge on any atom is -0.351 e. The summed E-state index contributed by atoms with van der Waals surface area (Å²) in [6, 6.07) is 7.67.